The van der Waals surface area contributed by atoms with E-state index in [1.807, 2.05) is 0 Å². The molecule has 1 atom stereocenters. The van der Waals surface area contributed by atoms with E-state index in [1.165, 1.54) is 7.11 Å². The third kappa shape index (κ3) is 6.07. The van der Waals surface area contributed by atoms with Crippen LogP contribution >= 0.6 is 0 Å². The smallest absolute Gasteiger partial charge is 0.148 e. The normalized spacial score (nSPS) is 16.7. The van der Waals surface area contributed by atoms with Gasteiger partial charge in [-0.1, -0.05) is 0 Å². The molecule has 1 unspecified atom stereocenters. The van der Waals surface area contributed by atoms with Crippen LogP contribution in [0, 0.1) is 22.9 Å². The molecule has 0 aliphatic carbocycles. The molecule has 1 saturated heterocycles. The molecule has 0 amide bonds. The second-order valence-electron chi connectivity index (χ2n) is 9.36. The Morgan fingerprint density at radius 1 is 1.06 bits per heavy atom. The van der Waals surface area contributed by atoms with Crippen LogP contribution in [0.5, 0.6) is 11.5 Å². The van der Waals surface area contributed by atoms with Crippen molar-refractivity contribution in [3.63, 3.8) is 0 Å². The number of hydrogen-bond donors (Lipinski definition) is 1. The van der Waals surface area contributed by atoms with Gasteiger partial charge < -0.3 is 14.6 Å². The Morgan fingerprint density at radius 3 is 2.44 bits per heavy atom. The van der Waals surface area contributed by atoms with Crippen LogP contribution in [-0.4, -0.2) is 54.9 Å². The number of benzene rings is 2. The number of ether oxygens (including phenoxy) is 2. The molecule has 1 aliphatic rings. The Kier molecular flexibility index (Phi) is 8.31. The summed E-state index contributed by atoms with van der Waals surface area (Å²) in [5.41, 5.74) is 0.00304. The van der Waals surface area contributed by atoms with Gasteiger partial charge in [-0.25, -0.2) is 17.6 Å². The minimum atomic E-state index is -1.55. The number of aromatic nitrogens is 1. The van der Waals surface area contributed by atoms with E-state index in [0.29, 0.717) is 55.5 Å². The molecule has 1 aliphatic heterocycles. The lowest BCUT2D eigenvalue weighted by Crippen LogP contribution is -2.43. The van der Waals surface area contributed by atoms with Crippen LogP contribution < -0.4 is 9.47 Å². The lowest BCUT2D eigenvalue weighted by molar-refractivity contribution is 0.0264. The van der Waals surface area contributed by atoms with Gasteiger partial charge >= 0.3 is 0 Å². The SMILES string of the molecule is COc1ccc2ncc(F)c(C(F)CCC3(CO)CCN(CCOc4cc(F)cc(F)c4)CC3)c2c1. The molecule has 1 N–H and O–H groups in total. The van der Waals surface area contributed by atoms with Gasteiger partial charge in [0, 0.05) is 42.3 Å². The van der Waals surface area contributed by atoms with Crippen molar-refractivity contribution < 1.29 is 32.1 Å². The maximum Gasteiger partial charge on any atom is 0.148 e. The standard InChI is InChI=1S/C27H30F4N2O3/c1-35-20-2-3-25-22(15-20)26(24(31)16-32-25)23(30)4-5-27(17-34)6-8-33(9-7-27)10-11-36-21-13-18(28)12-19(29)14-21/h2-3,12-16,23,34H,4-11,17H2,1H3. The molecule has 0 bridgehead atoms. The number of hydrogen-bond acceptors (Lipinski definition) is 5. The number of halogens is 4. The Balaban J connectivity index is 1.33. The van der Waals surface area contributed by atoms with Crippen LogP contribution in [-0.2, 0) is 0 Å². The van der Waals surface area contributed by atoms with E-state index in [4.69, 9.17) is 9.47 Å². The van der Waals surface area contributed by atoms with Crippen LogP contribution in [0.1, 0.15) is 37.4 Å². The van der Waals surface area contributed by atoms with Gasteiger partial charge in [0.2, 0.25) is 0 Å². The van der Waals surface area contributed by atoms with Crippen molar-refractivity contribution >= 4 is 10.9 Å². The van der Waals surface area contributed by atoms with Crippen molar-refractivity contribution in [2.24, 2.45) is 5.41 Å². The van der Waals surface area contributed by atoms with Gasteiger partial charge in [0.05, 0.1) is 18.8 Å². The summed E-state index contributed by atoms with van der Waals surface area (Å²) in [6, 6.07) is 8.01. The number of rotatable bonds is 10. The summed E-state index contributed by atoms with van der Waals surface area (Å²) >= 11 is 0. The van der Waals surface area contributed by atoms with Crippen molar-refractivity contribution in [3.8, 4) is 11.5 Å². The summed E-state index contributed by atoms with van der Waals surface area (Å²) < 4.78 is 67.3. The fraction of sp³-hybridized carbons (Fsp3) is 0.444. The number of nitrogens with zero attached hydrogens (tertiary/aromatic N) is 2. The largest absolute Gasteiger partial charge is 0.497 e. The molecule has 194 valence electrons. The molecule has 5 nitrogen and oxygen atoms in total. The number of likely N-dealkylation sites (tertiary alicyclic amines) is 1. The second-order valence-corrected chi connectivity index (χ2v) is 9.36. The zero-order valence-corrected chi connectivity index (χ0v) is 20.2. The van der Waals surface area contributed by atoms with Gasteiger partial charge in [-0.3, -0.25) is 9.88 Å². The maximum absolute atomic E-state index is 15.4. The topological polar surface area (TPSA) is 54.8 Å². The fourth-order valence-corrected chi connectivity index (χ4v) is 4.83. The highest BCUT2D eigenvalue weighted by molar-refractivity contribution is 5.84. The van der Waals surface area contributed by atoms with Crippen molar-refractivity contribution in [1.29, 1.82) is 0 Å². The zero-order valence-electron chi connectivity index (χ0n) is 20.2. The lowest BCUT2D eigenvalue weighted by atomic mass is 9.74. The van der Waals surface area contributed by atoms with E-state index in [0.717, 1.165) is 24.4 Å². The average molecular weight is 507 g/mol. The van der Waals surface area contributed by atoms with Crippen LogP contribution in [0.2, 0.25) is 0 Å². The molecule has 9 heteroatoms. The molecule has 1 aromatic heterocycles. The first kappa shape index (κ1) is 26.2. The Hall–Kier alpha value is -2.91. The van der Waals surface area contributed by atoms with E-state index in [-0.39, 0.29) is 30.9 Å². The quantitative estimate of drug-likeness (QED) is 0.363. The molecule has 2 aromatic carbocycles. The molecule has 1 fully saturated rings. The first-order chi connectivity index (χ1) is 17.3. The number of pyridine rings is 1. The summed E-state index contributed by atoms with van der Waals surface area (Å²) in [4.78, 5) is 6.19. The van der Waals surface area contributed by atoms with Gasteiger partial charge in [-0.15, -0.1) is 0 Å². The number of piperidine rings is 1. The summed E-state index contributed by atoms with van der Waals surface area (Å²) in [6.45, 7) is 2.07. The van der Waals surface area contributed by atoms with Gasteiger partial charge in [0.15, 0.2) is 0 Å². The third-order valence-corrected chi connectivity index (χ3v) is 7.07. The number of aliphatic hydroxyl groups excluding tert-OH is 1. The second kappa shape index (κ2) is 11.4. The van der Waals surface area contributed by atoms with E-state index in [2.05, 4.69) is 9.88 Å². The van der Waals surface area contributed by atoms with Crippen LogP contribution in [0.25, 0.3) is 10.9 Å². The average Bonchev–Trinajstić information content (AvgIpc) is 2.87. The van der Waals surface area contributed by atoms with Gasteiger partial charge in [0.25, 0.3) is 0 Å². The Morgan fingerprint density at radius 2 is 1.78 bits per heavy atom. The molecule has 0 saturated carbocycles. The zero-order chi connectivity index (χ0) is 25.7. The first-order valence-electron chi connectivity index (χ1n) is 12.0. The van der Waals surface area contributed by atoms with Gasteiger partial charge in [-0.05, 0) is 62.4 Å². The van der Waals surface area contributed by atoms with Crippen LogP contribution in [0.3, 0.4) is 0 Å². The van der Waals surface area contributed by atoms with E-state index < -0.39 is 29.0 Å². The number of aliphatic hydroxyl groups is 1. The van der Waals surface area contributed by atoms with Crippen LogP contribution in [0.4, 0.5) is 17.6 Å². The molecule has 0 radical (unpaired) electrons. The van der Waals surface area contributed by atoms with E-state index in [1.54, 1.807) is 18.2 Å². The lowest BCUT2D eigenvalue weighted by Gasteiger charge is -2.41. The predicted molar refractivity (Wildman–Crippen MR) is 128 cm³/mol. The minimum Gasteiger partial charge on any atom is -0.497 e. The monoisotopic (exact) mass is 506 g/mol. The minimum absolute atomic E-state index is 0.0321. The van der Waals surface area contributed by atoms with Crippen LogP contribution in [0.15, 0.2) is 42.6 Å². The summed E-state index contributed by atoms with van der Waals surface area (Å²) in [6.07, 6.45) is 1.27. The van der Waals surface area contributed by atoms with E-state index in [9.17, 15) is 18.3 Å². The van der Waals surface area contributed by atoms with Crippen molar-refractivity contribution in [2.45, 2.75) is 31.9 Å². The maximum atomic E-state index is 15.4. The molecule has 0 spiro atoms. The Bertz CT molecular complexity index is 1160. The van der Waals surface area contributed by atoms with Crippen molar-refractivity contribution in [2.75, 3.05) is 40.0 Å². The highest BCUT2D eigenvalue weighted by Gasteiger charge is 2.35. The summed E-state index contributed by atoms with van der Waals surface area (Å²) in [5, 5.41) is 10.5. The number of alkyl halides is 1. The fourth-order valence-electron chi connectivity index (χ4n) is 4.83. The third-order valence-electron chi connectivity index (χ3n) is 7.07. The summed E-state index contributed by atoms with van der Waals surface area (Å²) in [7, 11) is 1.49. The van der Waals surface area contributed by atoms with Gasteiger partial charge in [0.1, 0.15) is 41.7 Å². The molecule has 4 rings (SSSR count). The molecular formula is C27H30F4N2O3. The number of methoxy groups -OCH3 is 1. The molecule has 2 heterocycles. The Labute approximate surface area is 207 Å². The predicted octanol–water partition coefficient (Wildman–Crippen LogP) is 5.61. The first-order valence-corrected chi connectivity index (χ1v) is 12.0. The highest BCUT2D eigenvalue weighted by atomic mass is 19.1. The van der Waals surface area contributed by atoms with Gasteiger partial charge in [-0.2, -0.15) is 0 Å². The molecule has 3 aromatic rings. The van der Waals surface area contributed by atoms with Crippen molar-refractivity contribution in [1.82, 2.24) is 9.88 Å². The van der Waals surface area contributed by atoms with E-state index >= 15 is 4.39 Å². The molecule has 36 heavy (non-hydrogen) atoms. The summed E-state index contributed by atoms with van der Waals surface area (Å²) in [5.74, 6) is -1.46. The highest BCUT2D eigenvalue weighted by Crippen LogP contribution is 2.40. The molecular weight excluding hydrogens is 476 g/mol. The number of fused-ring (bicyclic) bond motifs is 1. The van der Waals surface area contributed by atoms with Crippen molar-refractivity contribution in [3.05, 3.63) is 65.6 Å².